The maximum atomic E-state index is 12.1. The fraction of sp³-hybridized carbons (Fsp3) is 0.750. The minimum absolute atomic E-state index is 0.0147. The summed E-state index contributed by atoms with van der Waals surface area (Å²) in [5, 5.41) is 11.5. The topological polar surface area (TPSA) is 122 Å². The van der Waals surface area contributed by atoms with Crippen LogP contribution in [0.5, 0.6) is 0 Å². The van der Waals surface area contributed by atoms with Crippen molar-refractivity contribution in [2.24, 2.45) is 5.73 Å². The molecule has 20 heavy (non-hydrogen) atoms. The number of carboxylic acid groups (broad SMARTS) is 1. The molecule has 0 aliphatic heterocycles. The van der Waals surface area contributed by atoms with Crippen LogP contribution in [-0.2, 0) is 14.3 Å². The van der Waals surface area contributed by atoms with E-state index in [0.29, 0.717) is 13.2 Å². The minimum Gasteiger partial charge on any atom is -0.480 e. The summed E-state index contributed by atoms with van der Waals surface area (Å²) < 4.78 is 4.93. The molecule has 0 aromatic rings. The van der Waals surface area contributed by atoms with Crippen LogP contribution in [0, 0.1) is 0 Å². The lowest BCUT2D eigenvalue weighted by atomic mass is 10.1. The molecule has 1 rings (SSSR count). The van der Waals surface area contributed by atoms with Crippen molar-refractivity contribution in [3.8, 4) is 0 Å². The molecule has 0 aromatic carbocycles. The SMILES string of the molecule is COCCN(C(=O)NC(CCC(N)=O)C(=O)O)C1CC1. The Labute approximate surface area is 117 Å². The highest BCUT2D eigenvalue weighted by molar-refractivity contribution is 5.83. The molecule has 0 saturated heterocycles. The predicted molar refractivity (Wildman–Crippen MR) is 70.0 cm³/mol. The molecule has 4 N–H and O–H groups in total. The van der Waals surface area contributed by atoms with E-state index < -0.39 is 23.9 Å². The van der Waals surface area contributed by atoms with E-state index in [2.05, 4.69) is 5.32 Å². The fourth-order valence-electron chi connectivity index (χ4n) is 1.80. The third-order valence-corrected chi connectivity index (χ3v) is 3.06. The van der Waals surface area contributed by atoms with Gasteiger partial charge in [-0.2, -0.15) is 0 Å². The second-order valence-electron chi connectivity index (χ2n) is 4.76. The highest BCUT2D eigenvalue weighted by Gasteiger charge is 2.34. The molecule has 0 spiro atoms. The molecule has 114 valence electrons. The molecule has 1 unspecified atom stereocenters. The first-order chi connectivity index (χ1) is 9.45. The summed E-state index contributed by atoms with van der Waals surface area (Å²) in [4.78, 5) is 35.4. The number of primary amides is 1. The Morgan fingerprint density at radius 2 is 2.10 bits per heavy atom. The van der Waals surface area contributed by atoms with Crippen LogP contribution < -0.4 is 11.1 Å². The van der Waals surface area contributed by atoms with Crippen molar-refractivity contribution in [1.29, 1.82) is 0 Å². The van der Waals surface area contributed by atoms with Crippen LogP contribution in [0.3, 0.4) is 0 Å². The maximum Gasteiger partial charge on any atom is 0.326 e. The molecule has 1 fully saturated rings. The van der Waals surface area contributed by atoms with Crippen LogP contribution in [0.4, 0.5) is 4.79 Å². The van der Waals surface area contributed by atoms with Crippen LogP contribution in [0.2, 0.25) is 0 Å². The van der Waals surface area contributed by atoms with Crippen molar-refractivity contribution in [3.05, 3.63) is 0 Å². The second kappa shape index (κ2) is 7.68. The highest BCUT2D eigenvalue weighted by atomic mass is 16.5. The monoisotopic (exact) mass is 287 g/mol. The number of urea groups is 1. The van der Waals surface area contributed by atoms with Crippen molar-refractivity contribution < 1.29 is 24.2 Å². The third-order valence-electron chi connectivity index (χ3n) is 3.06. The summed E-state index contributed by atoms with van der Waals surface area (Å²) in [6, 6.07) is -1.41. The van der Waals surface area contributed by atoms with Crippen molar-refractivity contribution in [3.63, 3.8) is 0 Å². The molecule has 1 saturated carbocycles. The molecule has 8 heteroatoms. The number of amides is 3. The van der Waals surface area contributed by atoms with E-state index in [0.717, 1.165) is 12.8 Å². The van der Waals surface area contributed by atoms with Gasteiger partial charge in [-0.25, -0.2) is 9.59 Å². The smallest absolute Gasteiger partial charge is 0.326 e. The van der Waals surface area contributed by atoms with Gasteiger partial charge in [0, 0.05) is 26.1 Å². The molecular formula is C12H21N3O5. The number of hydrogen-bond acceptors (Lipinski definition) is 4. The number of hydrogen-bond donors (Lipinski definition) is 3. The Balaban J connectivity index is 2.53. The van der Waals surface area contributed by atoms with Crippen LogP contribution in [0.15, 0.2) is 0 Å². The van der Waals surface area contributed by atoms with Gasteiger partial charge in [0.1, 0.15) is 6.04 Å². The molecule has 8 nitrogen and oxygen atoms in total. The number of methoxy groups -OCH3 is 1. The lowest BCUT2D eigenvalue weighted by Gasteiger charge is -2.24. The van der Waals surface area contributed by atoms with E-state index in [1.807, 2.05) is 0 Å². The van der Waals surface area contributed by atoms with E-state index in [4.69, 9.17) is 15.6 Å². The van der Waals surface area contributed by atoms with Gasteiger partial charge in [0.15, 0.2) is 0 Å². The molecule has 0 aromatic heterocycles. The lowest BCUT2D eigenvalue weighted by molar-refractivity contribution is -0.139. The van der Waals surface area contributed by atoms with Gasteiger partial charge in [0.2, 0.25) is 5.91 Å². The average molecular weight is 287 g/mol. The third kappa shape index (κ3) is 5.43. The predicted octanol–water partition coefficient (Wildman–Crippen LogP) is -0.474. The van der Waals surface area contributed by atoms with Gasteiger partial charge in [-0.3, -0.25) is 4.79 Å². The summed E-state index contributed by atoms with van der Waals surface area (Å²) in [5.41, 5.74) is 4.98. The van der Waals surface area contributed by atoms with Crippen LogP contribution in [0.1, 0.15) is 25.7 Å². The molecule has 0 heterocycles. The van der Waals surface area contributed by atoms with Gasteiger partial charge in [0.05, 0.1) is 6.61 Å². The maximum absolute atomic E-state index is 12.1. The molecule has 1 aliphatic carbocycles. The average Bonchev–Trinajstić information content (AvgIpc) is 3.18. The fourth-order valence-corrected chi connectivity index (χ4v) is 1.80. The molecule has 1 atom stereocenters. The Morgan fingerprint density at radius 1 is 1.45 bits per heavy atom. The molecular weight excluding hydrogens is 266 g/mol. The number of carbonyl (C=O) groups is 3. The number of rotatable bonds is 9. The Morgan fingerprint density at radius 3 is 2.55 bits per heavy atom. The second-order valence-corrected chi connectivity index (χ2v) is 4.76. The normalized spacial score (nSPS) is 15.4. The Kier molecular flexibility index (Phi) is 6.23. The van der Waals surface area contributed by atoms with E-state index in [9.17, 15) is 14.4 Å². The number of carbonyl (C=O) groups excluding carboxylic acids is 2. The van der Waals surface area contributed by atoms with Crippen molar-refractivity contribution >= 4 is 17.9 Å². The van der Waals surface area contributed by atoms with Gasteiger partial charge >= 0.3 is 12.0 Å². The highest BCUT2D eigenvalue weighted by Crippen LogP contribution is 2.26. The van der Waals surface area contributed by atoms with Crippen molar-refractivity contribution in [1.82, 2.24) is 10.2 Å². The van der Waals surface area contributed by atoms with Crippen LogP contribution in [0.25, 0.3) is 0 Å². The van der Waals surface area contributed by atoms with Gasteiger partial charge in [-0.05, 0) is 19.3 Å². The molecule has 1 aliphatic rings. The number of carboxylic acids is 1. The van der Waals surface area contributed by atoms with Crippen molar-refractivity contribution in [2.45, 2.75) is 37.8 Å². The van der Waals surface area contributed by atoms with Crippen LogP contribution >= 0.6 is 0 Å². The summed E-state index contributed by atoms with van der Waals surface area (Å²) >= 11 is 0. The lowest BCUT2D eigenvalue weighted by Crippen LogP contribution is -2.49. The quantitative estimate of drug-likeness (QED) is 0.529. The molecule has 0 radical (unpaired) electrons. The van der Waals surface area contributed by atoms with Gasteiger partial charge in [0.25, 0.3) is 0 Å². The zero-order chi connectivity index (χ0) is 15.1. The van der Waals surface area contributed by atoms with E-state index in [1.54, 1.807) is 4.90 Å². The Bertz CT molecular complexity index is 370. The van der Waals surface area contributed by atoms with Gasteiger partial charge < -0.3 is 25.8 Å². The number of nitrogens with two attached hydrogens (primary N) is 1. The Hall–Kier alpha value is -1.83. The standard InChI is InChI=1S/C12H21N3O5/c1-20-7-6-15(8-2-3-8)12(19)14-9(11(17)18)4-5-10(13)16/h8-9H,2-7H2,1H3,(H2,13,16)(H,14,19)(H,17,18). The largest absolute Gasteiger partial charge is 0.480 e. The van der Waals surface area contributed by atoms with E-state index in [-0.39, 0.29) is 18.9 Å². The number of aliphatic carboxylic acids is 1. The number of nitrogens with zero attached hydrogens (tertiary/aromatic N) is 1. The molecule has 0 bridgehead atoms. The van der Waals surface area contributed by atoms with Crippen molar-refractivity contribution in [2.75, 3.05) is 20.3 Å². The first-order valence-electron chi connectivity index (χ1n) is 6.53. The van der Waals surface area contributed by atoms with E-state index >= 15 is 0 Å². The first-order valence-corrected chi connectivity index (χ1v) is 6.53. The number of ether oxygens (including phenoxy) is 1. The zero-order valence-corrected chi connectivity index (χ0v) is 11.5. The summed E-state index contributed by atoms with van der Waals surface area (Å²) in [6.07, 6.45) is 1.73. The van der Waals surface area contributed by atoms with E-state index in [1.165, 1.54) is 7.11 Å². The number of nitrogens with one attached hydrogen (secondary N) is 1. The summed E-state index contributed by atoms with van der Waals surface area (Å²) in [7, 11) is 1.54. The van der Waals surface area contributed by atoms with Crippen LogP contribution in [-0.4, -0.2) is 60.3 Å². The first kappa shape index (κ1) is 16.2. The minimum atomic E-state index is -1.18. The molecule has 3 amide bonds. The van der Waals surface area contributed by atoms with Gasteiger partial charge in [-0.15, -0.1) is 0 Å². The zero-order valence-electron chi connectivity index (χ0n) is 11.5. The summed E-state index contributed by atoms with van der Waals surface area (Å²) in [6.45, 7) is 0.804. The van der Waals surface area contributed by atoms with Gasteiger partial charge in [-0.1, -0.05) is 0 Å². The summed E-state index contributed by atoms with van der Waals surface area (Å²) in [5.74, 6) is -1.77.